The van der Waals surface area contributed by atoms with E-state index in [1.165, 1.54) is 14.2 Å². The third-order valence-electron chi connectivity index (χ3n) is 2.92. The molecule has 0 spiro atoms. The highest BCUT2D eigenvalue weighted by molar-refractivity contribution is 7.15. The molecule has 2 aromatic rings. The molecule has 2 rings (SSSR count). The molecule has 1 amide bonds. The zero-order chi connectivity index (χ0) is 18.6. The number of anilines is 1. The molecule has 12 heteroatoms. The second kappa shape index (κ2) is 7.61. The van der Waals surface area contributed by atoms with E-state index in [0.29, 0.717) is 11.3 Å². The Bertz CT molecular complexity index is 744. The van der Waals surface area contributed by atoms with Crippen LogP contribution in [0.2, 0.25) is 0 Å². The number of thiazole rings is 1. The van der Waals surface area contributed by atoms with Gasteiger partial charge in [0, 0.05) is 17.9 Å². The zero-order valence-corrected chi connectivity index (χ0v) is 13.9. The Morgan fingerprint density at radius 1 is 1.28 bits per heavy atom. The van der Waals surface area contributed by atoms with Crippen LogP contribution in [0.15, 0.2) is 6.33 Å². The van der Waals surface area contributed by atoms with E-state index in [2.05, 4.69) is 20.3 Å². The predicted octanol–water partition coefficient (Wildman–Crippen LogP) is 1.76. The van der Waals surface area contributed by atoms with E-state index >= 15 is 0 Å². The van der Waals surface area contributed by atoms with Gasteiger partial charge in [0.05, 0.1) is 14.2 Å². The van der Waals surface area contributed by atoms with Gasteiger partial charge in [0.1, 0.15) is 6.33 Å². The van der Waals surface area contributed by atoms with Crippen LogP contribution < -0.4 is 14.8 Å². The van der Waals surface area contributed by atoms with Gasteiger partial charge in [-0.25, -0.2) is 15.0 Å². The lowest BCUT2D eigenvalue weighted by Crippen LogP contribution is -2.16. The first-order valence-corrected chi connectivity index (χ1v) is 7.55. The average molecular weight is 378 g/mol. The molecule has 0 aliphatic carbocycles. The first-order valence-electron chi connectivity index (χ1n) is 6.73. The van der Waals surface area contributed by atoms with Crippen molar-refractivity contribution in [3.05, 3.63) is 22.5 Å². The van der Waals surface area contributed by atoms with Crippen molar-refractivity contribution >= 4 is 22.4 Å². The molecule has 0 aliphatic heterocycles. The minimum atomic E-state index is -4.70. The number of halogens is 3. The quantitative estimate of drug-likeness (QED) is 0.789. The number of hydrogen-bond donors (Lipinski definition) is 2. The Morgan fingerprint density at radius 3 is 2.36 bits per heavy atom. The maximum Gasteiger partial charge on any atom is 0.434 e. The van der Waals surface area contributed by atoms with Gasteiger partial charge in [-0.1, -0.05) is 0 Å². The van der Waals surface area contributed by atoms with Crippen LogP contribution in [-0.4, -0.2) is 46.8 Å². The van der Waals surface area contributed by atoms with Crippen LogP contribution in [0.25, 0.3) is 0 Å². The lowest BCUT2D eigenvalue weighted by atomic mass is 10.3. The van der Waals surface area contributed by atoms with Crippen molar-refractivity contribution in [2.75, 3.05) is 26.1 Å². The maximum absolute atomic E-state index is 13.0. The largest absolute Gasteiger partial charge is 0.480 e. The minimum absolute atomic E-state index is 0.104. The predicted molar refractivity (Wildman–Crippen MR) is 81.0 cm³/mol. The summed E-state index contributed by atoms with van der Waals surface area (Å²) in [7, 11) is 2.53. The molecule has 8 nitrogen and oxygen atoms in total. The molecular weight excluding hydrogens is 365 g/mol. The molecule has 0 aliphatic rings. The zero-order valence-electron chi connectivity index (χ0n) is 13.0. The normalized spacial score (nSPS) is 11.3. The van der Waals surface area contributed by atoms with Crippen LogP contribution in [0.3, 0.4) is 0 Å². The molecule has 0 radical (unpaired) electrons. The molecule has 25 heavy (non-hydrogen) atoms. The van der Waals surface area contributed by atoms with Crippen molar-refractivity contribution in [3.63, 3.8) is 0 Å². The van der Waals surface area contributed by atoms with Crippen molar-refractivity contribution < 1.29 is 32.5 Å². The maximum atomic E-state index is 13.0. The SMILES string of the molecule is COc1ncnc(OC)c1C(=O)Nc1nc(C(F)(F)F)c(CCO)s1. The molecule has 2 N–H and O–H groups in total. The number of methoxy groups -OCH3 is 2. The number of aromatic nitrogens is 3. The molecule has 136 valence electrons. The van der Waals surface area contributed by atoms with Gasteiger partial charge in [-0.15, -0.1) is 11.3 Å². The number of nitrogens with one attached hydrogen (secondary N) is 1. The van der Waals surface area contributed by atoms with Gasteiger partial charge in [0.25, 0.3) is 5.91 Å². The Labute approximate surface area is 143 Å². The second-order valence-electron chi connectivity index (χ2n) is 4.48. The van der Waals surface area contributed by atoms with Gasteiger partial charge in [0.2, 0.25) is 11.8 Å². The monoisotopic (exact) mass is 378 g/mol. The smallest absolute Gasteiger partial charge is 0.434 e. The van der Waals surface area contributed by atoms with E-state index in [4.69, 9.17) is 14.6 Å². The summed E-state index contributed by atoms with van der Waals surface area (Å²) in [4.78, 5) is 23.1. The number of nitrogens with zero attached hydrogens (tertiary/aromatic N) is 3. The van der Waals surface area contributed by atoms with Gasteiger partial charge in [-0.2, -0.15) is 13.2 Å². The molecule has 0 saturated carbocycles. The standard InChI is InChI=1S/C13H13F3N4O4S/c1-23-10-7(11(24-2)18-5-17-10)9(22)20-12-19-8(13(14,15)16)6(25-12)3-4-21/h5,21H,3-4H2,1-2H3,(H,19,20,22). The van der Waals surface area contributed by atoms with Crippen molar-refractivity contribution in [1.29, 1.82) is 0 Å². The summed E-state index contributed by atoms with van der Waals surface area (Å²) in [6.45, 7) is -0.479. The summed E-state index contributed by atoms with van der Waals surface area (Å²) in [5.74, 6) is -1.05. The third kappa shape index (κ3) is 4.14. The van der Waals surface area contributed by atoms with Gasteiger partial charge >= 0.3 is 6.18 Å². The Kier molecular flexibility index (Phi) is 5.74. The van der Waals surface area contributed by atoms with E-state index in [1.807, 2.05) is 0 Å². The highest BCUT2D eigenvalue weighted by atomic mass is 32.1. The van der Waals surface area contributed by atoms with E-state index in [9.17, 15) is 18.0 Å². The number of hydrogen-bond acceptors (Lipinski definition) is 8. The molecule has 2 aromatic heterocycles. The van der Waals surface area contributed by atoms with Crippen LogP contribution >= 0.6 is 11.3 Å². The summed E-state index contributed by atoms with van der Waals surface area (Å²) >= 11 is 0.615. The molecule has 0 atom stereocenters. The van der Waals surface area contributed by atoms with Crippen LogP contribution in [-0.2, 0) is 12.6 Å². The number of amides is 1. The van der Waals surface area contributed by atoms with Crippen molar-refractivity contribution in [2.45, 2.75) is 12.6 Å². The van der Waals surface area contributed by atoms with Gasteiger partial charge in [0.15, 0.2) is 16.4 Å². The van der Waals surface area contributed by atoms with Crippen LogP contribution in [0.5, 0.6) is 11.8 Å². The first kappa shape index (κ1) is 18.9. The van der Waals surface area contributed by atoms with E-state index in [0.717, 1.165) is 6.33 Å². The molecule has 0 saturated heterocycles. The summed E-state index contributed by atoms with van der Waals surface area (Å²) < 4.78 is 48.8. The van der Waals surface area contributed by atoms with E-state index < -0.39 is 24.4 Å². The summed E-state index contributed by atoms with van der Waals surface area (Å²) in [6.07, 6.45) is -3.82. The van der Waals surface area contributed by atoms with E-state index in [1.54, 1.807) is 0 Å². The minimum Gasteiger partial charge on any atom is -0.480 e. The van der Waals surface area contributed by atoms with Crippen LogP contribution in [0.4, 0.5) is 18.3 Å². The Morgan fingerprint density at radius 2 is 1.88 bits per heavy atom. The summed E-state index contributed by atoms with van der Waals surface area (Å²) in [5.41, 5.74) is -1.33. The fourth-order valence-corrected chi connectivity index (χ4v) is 2.88. The molecule has 2 heterocycles. The lowest BCUT2D eigenvalue weighted by molar-refractivity contribution is -0.141. The number of alkyl halides is 3. The first-order chi connectivity index (χ1) is 11.8. The number of carbonyl (C=O) groups excluding carboxylic acids is 1. The van der Waals surface area contributed by atoms with Gasteiger partial charge in [-0.3, -0.25) is 10.1 Å². The summed E-state index contributed by atoms with van der Waals surface area (Å²) in [6, 6.07) is 0. The lowest BCUT2D eigenvalue weighted by Gasteiger charge is -2.09. The molecule has 0 bridgehead atoms. The van der Waals surface area contributed by atoms with Crippen molar-refractivity contribution in [3.8, 4) is 11.8 Å². The van der Waals surface area contributed by atoms with Crippen molar-refractivity contribution in [1.82, 2.24) is 15.0 Å². The number of carbonyl (C=O) groups is 1. The Hall–Kier alpha value is -2.47. The molecule has 0 unspecified atom stereocenters. The average Bonchev–Trinajstić information content (AvgIpc) is 2.97. The molecular formula is C13H13F3N4O4S. The third-order valence-corrected chi connectivity index (χ3v) is 3.95. The second-order valence-corrected chi connectivity index (χ2v) is 5.57. The molecule has 0 aromatic carbocycles. The Balaban J connectivity index is 2.36. The van der Waals surface area contributed by atoms with Crippen molar-refractivity contribution in [2.24, 2.45) is 0 Å². The van der Waals surface area contributed by atoms with E-state index in [-0.39, 0.29) is 33.8 Å². The fraction of sp³-hybridized carbons (Fsp3) is 0.385. The highest BCUT2D eigenvalue weighted by Gasteiger charge is 2.37. The number of aliphatic hydroxyl groups is 1. The topological polar surface area (TPSA) is 106 Å². The highest BCUT2D eigenvalue weighted by Crippen LogP contribution is 2.36. The number of aliphatic hydroxyl groups excluding tert-OH is 1. The molecule has 0 fully saturated rings. The van der Waals surface area contributed by atoms with Gasteiger partial charge < -0.3 is 14.6 Å². The number of rotatable bonds is 6. The van der Waals surface area contributed by atoms with Crippen LogP contribution in [0, 0.1) is 0 Å². The number of ether oxygens (including phenoxy) is 2. The fourth-order valence-electron chi connectivity index (χ4n) is 1.92. The van der Waals surface area contributed by atoms with Gasteiger partial charge in [-0.05, 0) is 0 Å². The summed E-state index contributed by atoms with van der Waals surface area (Å²) in [5, 5.41) is 10.9. The van der Waals surface area contributed by atoms with Crippen LogP contribution in [0.1, 0.15) is 20.9 Å².